The van der Waals surface area contributed by atoms with Crippen LogP contribution in [0.5, 0.6) is 0 Å². The average molecular weight is 300 g/mol. The second-order valence-corrected chi connectivity index (χ2v) is 5.90. The van der Waals surface area contributed by atoms with Gasteiger partial charge in [-0.3, -0.25) is 0 Å². The van der Waals surface area contributed by atoms with Crippen molar-refractivity contribution in [3.05, 3.63) is 30.1 Å². The van der Waals surface area contributed by atoms with Crippen LogP contribution in [0, 0.1) is 5.82 Å². The number of rotatable bonds is 2. The molecule has 0 radical (unpaired) electrons. The Morgan fingerprint density at radius 3 is 2.53 bits per heavy atom. The van der Waals surface area contributed by atoms with Gasteiger partial charge in [-0.15, -0.1) is 0 Å². The van der Waals surface area contributed by atoms with Gasteiger partial charge in [0, 0.05) is 7.05 Å². The topological polar surface area (TPSA) is 32.3 Å². The third kappa shape index (κ3) is 4.98. The minimum absolute atomic E-state index is 0.0775. The Hall–Kier alpha value is -0.710. The molecule has 0 bridgehead atoms. The molecular formula is C10H10Cl3FN2O. The van der Waals surface area contributed by atoms with E-state index in [9.17, 15) is 9.18 Å². The number of hydrogen-bond donors (Lipinski definition) is 1. The van der Waals surface area contributed by atoms with Crippen LogP contribution in [-0.2, 0) is 0 Å². The van der Waals surface area contributed by atoms with E-state index in [1.165, 1.54) is 25.2 Å². The number of anilines is 1. The third-order valence-corrected chi connectivity index (χ3v) is 2.24. The Balaban J connectivity index is 2.64. The van der Waals surface area contributed by atoms with Gasteiger partial charge in [-0.05, 0) is 12.1 Å². The number of benzene rings is 1. The molecule has 0 saturated carbocycles. The molecule has 0 fully saturated rings. The number of carbonyl (C=O) groups excluding carboxylic acids is 1. The molecule has 17 heavy (non-hydrogen) atoms. The highest BCUT2D eigenvalue weighted by Gasteiger charge is 2.24. The van der Waals surface area contributed by atoms with Gasteiger partial charge in [0.15, 0.2) is 0 Å². The molecule has 1 rings (SSSR count). The molecule has 1 aromatic rings. The smallest absolute Gasteiger partial charge is 0.321 e. The second-order valence-electron chi connectivity index (χ2n) is 3.38. The van der Waals surface area contributed by atoms with Crippen molar-refractivity contribution < 1.29 is 9.18 Å². The molecule has 1 N–H and O–H groups in total. The van der Waals surface area contributed by atoms with Crippen molar-refractivity contribution >= 4 is 46.5 Å². The third-order valence-electron chi connectivity index (χ3n) is 1.88. The van der Waals surface area contributed by atoms with E-state index in [0.29, 0.717) is 0 Å². The van der Waals surface area contributed by atoms with E-state index in [4.69, 9.17) is 34.8 Å². The molecule has 0 heterocycles. The second kappa shape index (κ2) is 5.76. The number of urea groups is 1. The van der Waals surface area contributed by atoms with Crippen molar-refractivity contribution in [2.75, 3.05) is 18.9 Å². The largest absolute Gasteiger partial charge is 0.323 e. The summed E-state index contributed by atoms with van der Waals surface area (Å²) in [7, 11) is 1.44. The highest BCUT2D eigenvalue weighted by molar-refractivity contribution is 6.67. The predicted molar refractivity (Wildman–Crippen MR) is 68.3 cm³/mol. The molecule has 0 aliphatic rings. The van der Waals surface area contributed by atoms with Crippen LogP contribution in [0.3, 0.4) is 0 Å². The quantitative estimate of drug-likeness (QED) is 0.831. The molecule has 0 aliphatic carbocycles. The Kier molecular flexibility index (Phi) is 4.86. The number of alkyl halides is 3. The van der Waals surface area contributed by atoms with Gasteiger partial charge < -0.3 is 10.2 Å². The summed E-state index contributed by atoms with van der Waals surface area (Å²) < 4.78 is 11.7. The maximum atomic E-state index is 13.2. The highest BCUT2D eigenvalue weighted by atomic mass is 35.6. The van der Waals surface area contributed by atoms with Gasteiger partial charge in [0.1, 0.15) is 5.82 Å². The number of hydrogen-bond acceptors (Lipinski definition) is 1. The number of nitrogens with one attached hydrogen (secondary N) is 1. The summed E-state index contributed by atoms with van der Waals surface area (Å²) in [5, 5.41) is 2.37. The standard InChI is InChI=1S/C10H10Cl3FN2O/c1-16(6-10(11,12)13)9(17)15-8-5-3-2-4-7(8)14/h2-5H,6H2,1H3,(H,15,17). The monoisotopic (exact) mass is 298 g/mol. The lowest BCUT2D eigenvalue weighted by atomic mass is 10.3. The zero-order valence-corrected chi connectivity index (χ0v) is 11.2. The van der Waals surface area contributed by atoms with Crippen LogP contribution in [-0.4, -0.2) is 28.3 Å². The van der Waals surface area contributed by atoms with Gasteiger partial charge in [-0.25, -0.2) is 9.18 Å². The van der Waals surface area contributed by atoms with E-state index >= 15 is 0 Å². The predicted octanol–water partition coefficient (Wildman–Crippen LogP) is 3.66. The van der Waals surface area contributed by atoms with Gasteiger partial charge >= 0.3 is 6.03 Å². The Morgan fingerprint density at radius 1 is 1.41 bits per heavy atom. The Labute approximate surface area is 113 Å². The molecule has 0 aliphatic heterocycles. The van der Waals surface area contributed by atoms with Crippen LogP contribution in [0.4, 0.5) is 14.9 Å². The maximum absolute atomic E-state index is 13.2. The van der Waals surface area contributed by atoms with E-state index in [-0.39, 0.29) is 12.2 Å². The normalized spacial score (nSPS) is 11.1. The van der Waals surface area contributed by atoms with Crippen LogP contribution >= 0.6 is 34.8 Å². The van der Waals surface area contributed by atoms with Crippen LogP contribution in [0.2, 0.25) is 0 Å². The summed E-state index contributed by atoms with van der Waals surface area (Å²) in [5.41, 5.74) is 0.0775. The summed E-state index contributed by atoms with van der Waals surface area (Å²) in [5.74, 6) is -0.525. The summed E-state index contributed by atoms with van der Waals surface area (Å²) in [4.78, 5) is 12.8. The van der Waals surface area contributed by atoms with Gasteiger partial charge in [-0.2, -0.15) is 0 Å². The first-order valence-electron chi connectivity index (χ1n) is 4.63. The number of nitrogens with zero attached hydrogens (tertiary/aromatic N) is 1. The summed E-state index contributed by atoms with van der Waals surface area (Å²) >= 11 is 16.6. The molecule has 0 atom stereocenters. The molecule has 3 nitrogen and oxygen atoms in total. The van der Waals surface area contributed by atoms with Crippen LogP contribution in [0.25, 0.3) is 0 Å². The van der Waals surface area contributed by atoms with E-state index in [1.807, 2.05) is 0 Å². The first kappa shape index (κ1) is 14.4. The summed E-state index contributed by atoms with van der Waals surface area (Å²) in [6.45, 7) is -0.0993. The zero-order valence-electron chi connectivity index (χ0n) is 8.88. The summed E-state index contributed by atoms with van der Waals surface area (Å²) in [6.07, 6.45) is 0. The fourth-order valence-electron chi connectivity index (χ4n) is 1.11. The highest BCUT2D eigenvalue weighted by Crippen LogP contribution is 2.26. The number of amides is 2. The first-order valence-corrected chi connectivity index (χ1v) is 5.76. The Morgan fingerprint density at radius 2 is 2.00 bits per heavy atom. The van der Waals surface area contributed by atoms with Gasteiger partial charge in [0.05, 0.1) is 12.2 Å². The molecule has 94 valence electrons. The van der Waals surface area contributed by atoms with Gasteiger partial charge in [0.2, 0.25) is 3.79 Å². The molecule has 0 saturated heterocycles. The lowest BCUT2D eigenvalue weighted by Gasteiger charge is -2.22. The molecule has 2 amide bonds. The fourth-order valence-corrected chi connectivity index (χ4v) is 1.65. The lowest BCUT2D eigenvalue weighted by molar-refractivity contribution is 0.223. The van der Waals surface area contributed by atoms with Gasteiger partial charge in [0.25, 0.3) is 0 Å². The van der Waals surface area contributed by atoms with Crippen molar-refractivity contribution in [2.45, 2.75) is 3.79 Å². The van der Waals surface area contributed by atoms with Crippen LogP contribution < -0.4 is 5.32 Å². The minimum Gasteiger partial charge on any atom is -0.323 e. The zero-order chi connectivity index (χ0) is 13.1. The minimum atomic E-state index is -1.57. The van der Waals surface area contributed by atoms with E-state index < -0.39 is 15.6 Å². The van der Waals surface area contributed by atoms with Crippen LogP contribution in [0.15, 0.2) is 24.3 Å². The SMILES string of the molecule is CN(CC(Cl)(Cl)Cl)C(=O)Nc1ccccc1F. The van der Waals surface area contributed by atoms with E-state index in [2.05, 4.69) is 5.32 Å². The lowest BCUT2D eigenvalue weighted by Crippen LogP contribution is -2.37. The molecule has 0 unspecified atom stereocenters. The fraction of sp³-hybridized carbons (Fsp3) is 0.300. The summed E-state index contributed by atoms with van der Waals surface area (Å²) in [6, 6.07) is 5.26. The first-order chi connectivity index (χ1) is 7.79. The van der Waals surface area contributed by atoms with Crippen molar-refractivity contribution in [3.63, 3.8) is 0 Å². The number of halogens is 4. The van der Waals surface area contributed by atoms with E-state index in [0.717, 1.165) is 4.90 Å². The molecular weight excluding hydrogens is 289 g/mol. The molecule has 0 aromatic heterocycles. The van der Waals surface area contributed by atoms with Crippen molar-refractivity contribution in [2.24, 2.45) is 0 Å². The number of carbonyl (C=O) groups is 1. The molecule has 1 aromatic carbocycles. The van der Waals surface area contributed by atoms with Crippen LogP contribution in [0.1, 0.15) is 0 Å². The maximum Gasteiger partial charge on any atom is 0.321 e. The Bertz CT molecular complexity index is 409. The molecule has 7 heteroatoms. The average Bonchev–Trinajstić information content (AvgIpc) is 2.18. The van der Waals surface area contributed by atoms with Crippen molar-refractivity contribution in [3.8, 4) is 0 Å². The van der Waals surface area contributed by atoms with Gasteiger partial charge in [-0.1, -0.05) is 46.9 Å². The number of para-hydroxylation sites is 1. The molecule has 0 spiro atoms. The van der Waals surface area contributed by atoms with Crippen molar-refractivity contribution in [1.29, 1.82) is 0 Å². The van der Waals surface area contributed by atoms with E-state index in [1.54, 1.807) is 6.07 Å². The van der Waals surface area contributed by atoms with Crippen molar-refractivity contribution in [1.82, 2.24) is 4.90 Å².